The van der Waals surface area contributed by atoms with Crippen molar-refractivity contribution >= 4 is 15.8 Å². The molecule has 0 aromatic carbocycles. The Balaban J connectivity index is 2.54. The molecule has 0 saturated carbocycles. The zero-order valence-electron chi connectivity index (χ0n) is 8.30. The smallest absolute Gasteiger partial charge is 0.242 e. The second-order valence-corrected chi connectivity index (χ2v) is 5.61. The molecule has 0 bridgehead atoms. The number of hydrogen-bond acceptors (Lipinski definition) is 6. The molecule has 1 aromatic rings. The molecule has 7 nitrogen and oxygen atoms in total. The van der Waals surface area contributed by atoms with Gasteiger partial charge in [0.1, 0.15) is 0 Å². The predicted molar refractivity (Wildman–Crippen MR) is 51.6 cm³/mol. The molecule has 0 spiro atoms. The Labute approximate surface area is 82.4 Å². The maximum Gasteiger partial charge on any atom is 0.242 e. The monoisotopic (exact) mass is 219 g/mol. The van der Waals surface area contributed by atoms with Crippen molar-refractivity contribution in [2.75, 3.05) is 18.1 Å². The summed E-state index contributed by atoms with van der Waals surface area (Å²) in [4.78, 5) is 0. The van der Waals surface area contributed by atoms with E-state index in [1.807, 2.05) is 0 Å². The number of anilines is 1. The van der Waals surface area contributed by atoms with E-state index in [9.17, 15) is 8.42 Å². The van der Waals surface area contributed by atoms with Crippen LogP contribution in [0.15, 0.2) is 0 Å². The lowest BCUT2D eigenvalue weighted by atomic mass is 10.5. The Bertz CT molecular complexity index is 398. The maximum atomic E-state index is 11.1. The lowest BCUT2D eigenvalue weighted by Crippen LogP contribution is -2.26. The van der Waals surface area contributed by atoms with Crippen LogP contribution in [-0.2, 0) is 16.9 Å². The van der Waals surface area contributed by atoms with E-state index >= 15 is 0 Å². The second kappa shape index (κ2) is 3.91. The molecule has 1 unspecified atom stereocenters. The van der Waals surface area contributed by atoms with Crippen LogP contribution in [0.2, 0.25) is 0 Å². The second-order valence-electron chi connectivity index (χ2n) is 3.15. The van der Waals surface area contributed by atoms with E-state index in [1.54, 1.807) is 14.0 Å². The summed E-state index contributed by atoms with van der Waals surface area (Å²) in [5.74, 6) is 0.459. The molecule has 1 aromatic heterocycles. The van der Waals surface area contributed by atoms with Crippen LogP contribution in [0.25, 0.3) is 0 Å². The molecule has 14 heavy (non-hydrogen) atoms. The summed E-state index contributed by atoms with van der Waals surface area (Å²) in [6.07, 6.45) is 1.20. The standard InChI is InChI=1S/C6H13N5O2S/c1-5(14(3,12)13)4-7-6-8-9-10-11(6)2/h5H,4H2,1-3H3,(H,7,8,10). The Morgan fingerprint density at radius 1 is 1.57 bits per heavy atom. The van der Waals surface area contributed by atoms with Crippen LogP contribution in [0.1, 0.15) is 6.92 Å². The van der Waals surface area contributed by atoms with Gasteiger partial charge in [0.05, 0.1) is 5.25 Å². The largest absolute Gasteiger partial charge is 0.352 e. The maximum absolute atomic E-state index is 11.1. The molecule has 0 saturated heterocycles. The fourth-order valence-electron chi connectivity index (χ4n) is 0.766. The average Bonchev–Trinajstić information content (AvgIpc) is 2.45. The number of nitrogens with zero attached hydrogens (tertiary/aromatic N) is 4. The first kappa shape index (κ1) is 10.9. The van der Waals surface area contributed by atoms with E-state index in [1.165, 1.54) is 10.9 Å². The number of rotatable bonds is 4. The SMILES string of the molecule is CC(CNc1nnnn1C)S(C)(=O)=O. The van der Waals surface area contributed by atoms with Crippen molar-refractivity contribution in [3.63, 3.8) is 0 Å². The van der Waals surface area contributed by atoms with Crippen LogP contribution in [0.5, 0.6) is 0 Å². The van der Waals surface area contributed by atoms with Crippen LogP contribution < -0.4 is 5.32 Å². The van der Waals surface area contributed by atoms with Crippen molar-refractivity contribution in [1.29, 1.82) is 0 Å². The average molecular weight is 219 g/mol. The topological polar surface area (TPSA) is 89.8 Å². The quantitative estimate of drug-likeness (QED) is 0.702. The molecule has 1 heterocycles. The van der Waals surface area contributed by atoms with Crippen LogP contribution in [0, 0.1) is 0 Å². The molecule has 0 amide bonds. The van der Waals surface area contributed by atoms with Gasteiger partial charge in [-0.1, -0.05) is 5.10 Å². The van der Waals surface area contributed by atoms with Gasteiger partial charge in [-0.25, -0.2) is 13.1 Å². The highest BCUT2D eigenvalue weighted by molar-refractivity contribution is 7.91. The number of sulfone groups is 1. The van der Waals surface area contributed by atoms with Gasteiger partial charge in [0, 0.05) is 19.8 Å². The molecular formula is C6H13N5O2S. The third-order valence-electron chi connectivity index (χ3n) is 1.90. The molecule has 1 atom stereocenters. The van der Waals surface area contributed by atoms with Crippen molar-refractivity contribution in [2.45, 2.75) is 12.2 Å². The Morgan fingerprint density at radius 3 is 2.64 bits per heavy atom. The summed E-state index contributed by atoms with van der Waals surface area (Å²) in [5.41, 5.74) is 0. The van der Waals surface area contributed by atoms with E-state index < -0.39 is 15.1 Å². The van der Waals surface area contributed by atoms with Gasteiger partial charge in [0.15, 0.2) is 9.84 Å². The normalized spacial score (nSPS) is 13.9. The third-order valence-corrected chi connectivity index (χ3v) is 3.53. The van der Waals surface area contributed by atoms with Gasteiger partial charge in [0.2, 0.25) is 5.95 Å². The van der Waals surface area contributed by atoms with Gasteiger partial charge < -0.3 is 5.32 Å². The van der Waals surface area contributed by atoms with Crippen LogP contribution >= 0.6 is 0 Å². The van der Waals surface area contributed by atoms with Crippen LogP contribution in [0.4, 0.5) is 5.95 Å². The van der Waals surface area contributed by atoms with Crippen molar-refractivity contribution in [3.8, 4) is 0 Å². The van der Waals surface area contributed by atoms with Gasteiger partial charge in [-0.15, -0.1) is 0 Å². The molecule has 80 valence electrons. The number of tetrazole rings is 1. The summed E-state index contributed by atoms with van der Waals surface area (Å²) in [6.45, 7) is 1.93. The Morgan fingerprint density at radius 2 is 2.21 bits per heavy atom. The highest BCUT2D eigenvalue weighted by Gasteiger charge is 2.15. The first-order valence-electron chi connectivity index (χ1n) is 4.06. The number of aryl methyl sites for hydroxylation is 1. The van der Waals surface area contributed by atoms with Crippen molar-refractivity contribution < 1.29 is 8.42 Å². The Kier molecular flexibility index (Phi) is 3.04. The first-order chi connectivity index (χ1) is 6.41. The van der Waals surface area contributed by atoms with Gasteiger partial charge in [0.25, 0.3) is 0 Å². The summed E-state index contributed by atoms with van der Waals surface area (Å²) >= 11 is 0. The molecule has 0 fully saturated rings. The molecule has 0 aliphatic carbocycles. The van der Waals surface area contributed by atoms with E-state index in [-0.39, 0.29) is 0 Å². The molecule has 1 N–H and O–H groups in total. The van der Waals surface area contributed by atoms with Crippen LogP contribution in [-0.4, -0.2) is 46.7 Å². The van der Waals surface area contributed by atoms with Crippen LogP contribution in [0.3, 0.4) is 0 Å². The summed E-state index contributed by atoms with van der Waals surface area (Å²) in [7, 11) is -1.34. The van der Waals surface area contributed by atoms with Gasteiger partial charge in [-0.05, 0) is 17.4 Å². The van der Waals surface area contributed by atoms with E-state index in [4.69, 9.17) is 0 Å². The third kappa shape index (κ3) is 2.66. The van der Waals surface area contributed by atoms with Gasteiger partial charge in [-0.2, -0.15) is 0 Å². The lowest BCUT2D eigenvalue weighted by molar-refractivity contribution is 0.591. The van der Waals surface area contributed by atoms with Crippen molar-refractivity contribution in [1.82, 2.24) is 20.2 Å². The number of aromatic nitrogens is 4. The van der Waals surface area contributed by atoms with E-state index in [0.29, 0.717) is 12.5 Å². The first-order valence-corrected chi connectivity index (χ1v) is 6.02. The van der Waals surface area contributed by atoms with E-state index in [0.717, 1.165) is 0 Å². The zero-order chi connectivity index (χ0) is 10.8. The molecule has 0 aliphatic rings. The number of nitrogens with one attached hydrogen (secondary N) is 1. The highest BCUT2D eigenvalue weighted by Crippen LogP contribution is 2.01. The van der Waals surface area contributed by atoms with Crippen molar-refractivity contribution in [2.24, 2.45) is 7.05 Å². The fraction of sp³-hybridized carbons (Fsp3) is 0.833. The predicted octanol–water partition coefficient (Wildman–Crippen LogP) is -0.945. The zero-order valence-corrected chi connectivity index (χ0v) is 9.11. The van der Waals surface area contributed by atoms with E-state index in [2.05, 4.69) is 20.8 Å². The molecular weight excluding hydrogens is 206 g/mol. The Hall–Kier alpha value is -1.18. The minimum absolute atomic E-state index is 0.299. The highest BCUT2D eigenvalue weighted by atomic mass is 32.2. The van der Waals surface area contributed by atoms with Gasteiger partial charge >= 0.3 is 0 Å². The number of hydrogen-bond donors (Lipinski definition) is 1. The molecule has 1 rings (SSSR count). The fourth-order valence-corrected chi connectivity index (χ4v) is 1.15. The lowest BCUT2D eigenvalue weighted by Gasteiger charge is -2.09. The molecule has 8 heteroatoms. The van der Waals surface area contributed by atoms with Gasteiger partial charge in [-0.3, -0.25) is 0 Å². The minimum Gasteiger partial charge on any atom is -0.352 e. The summed E-state index contributed by atoms with van der Waals surface area (Å²) < 4.78 is 23.6. The summed E-state index contributed by atoms with van der Waals surface area (Å²) in [5, 5.41) is 13.1. The molecule has 0 radical (unpaired) electrons. The molecule has 0 aliphatic heterocycles. The van der Waals surface area contributed by atoms with Crippen molar-refractivity contribution in [3.05, 3.63) is 0 Å². The summed E-state index contributed by atoms with van der Waals surface area (Å²) in [6, 6.07) is 0. The minimum atomic E-state index is -3.01.